The molecule has 0 spiro atoms. The monoisotopic (exact) mass is 278 g/mol. The van der Waals surface area contributed by atoms with E-state index >= 15 is 0 Å². The van der Waals surface area contributed by atoms with Gasteiger partial charge in [-0.25, -0.2) is 0 Å². The van der Waals surface area contributed by atoms with Crippen molar-refractivity contribution in [1.29, 1.82) is 0 Å². The maximum absolute atomic E-state index is 3.53. The Kier molecular flexibility index (Phi) is 5.17. The number of anilines is 1. The van der Waals surface area contributed by atoms with Crippen molar-refractivity contribution in [2.24, 2.45) is 0 Å². The van der Waals surface area contributed by atoms with Gasteiger partial charge in [0.15, 0.2) is 0 Å². The van der Waals surface area contributed by atoms with Crippen LogP contribution >= 0.6 is 11.8 Å². The zero-order chi connectivity index (χ0) is 13.7. The van der Waals surface area contributed by atoms with E-state index < -0.39 is 0 Å². The SMILES string of the molecule is CC(C)(C)NCc1ccc(N2CCCSCC2)cc1. The highest BCUT2D eigenvalue weighted by Gasteiger charge is 2.11. The Morgan fingerprint density at radius 1 is 1.11 bits per heavy atom. The van der Waals surface area contributed by atoms with Crippen LogP contribution in [0.25, 0.3) is 0 Å². The fraction of sp³-hybridized carbons (Fsp3) is 0.625. The first-order chi connectivity index (χ1) is 9.04. The van der Waals surface area contributed by atoms with Crippen molar-refractivity contribution in [2.45, 2.75) is 39.3 Å². The summed E-state index contributed by atoms with van der Waals surface area (Å²) >= 11 is 2.08. The van der Waals surface area contributed by atoms with Gasteiger partial charge in [-0.05, 0) is 50.6 Å². The van der Waals surface area contributed by atoms with Crippen LogP contribution in [0, 0.1) is 0 Å². The van der Waals surface area contributed by atoms with E-state index in [0.717, 1.165) is 6.54 Å². The van der Waals surface area contributed by atoms with E-state index in [1.54, 1.807) is 0 Å². The van der Waals surface area contributed by atoms with E-state index in [2.05, 4.69) is 67.0 Å². The quantitative estimate of drug-likeness (QED) is 0.911. The third-order valence-corrected chi connectivity index (χ3v) is 4.40. The minimum absolute atomic E-state index is 0.181. The van der Waals surface area contributed by atoms with Gasteiger partial charge in [0.2, 0.25) is 0 Å². The highest BCUT2D eigenvalue weighted by atomic mass is 32.2. The lowest BCUT2D eigenvalue weighted by Crippen LogP contribution is -2.35. The second-order valence-electron chi connectivity index (χ2n) is 6.22. The molecule has 0 radical (unpaired) electrons. The number of hydrogen-bond donors (Lipinski definition) is 1. The Labute approximate surface area is 122 Å². The second kappa shape index (κ2) is 6.67. The van der Waals surface area contributed by atoms with E-state index in [1.165, 1.54) is 42.3 Å². The summed E-state index contributed by atoms with van der Waals surface area (Å²) in [6.45, 7) is 9.94. The molecule has 1 aromatic carbocycles. The number of nitrogens with one attached hydrogen (secondary N) is 1. The molecule has 1 aromatic rings. The number of thioether (sulfide) groups is 1. The van der Waals surface area contributed by atoms with E-state index in [9.17, 15) is 0 Å². The average Bonchev–Trinajstić information content (AvgIpc) is 2.65. The summed E-state index contributed by atoms with van der Waals surface area (Å²) in [5.41, 5.74) is 2.92. The number of benzene rings is 1. The number of rotatable bonds is 3. The molecule has 1 N–H and O–H groups in total. The third kappa shape index (κ3) is 5.07. The molecule has 0 unspecified atom stereocenters. The van der Waals surface area contributed by atoms with Gasteiger partial charge in [0, 0.05) is 36.6 Å². The van der Waals surface area contributed by atoms with Gasteiger partial charge in [0.05, 0.1) is 0 Å². The van der Waals surface area contributed by atoms with Gasteiger partial charge < -0.3 is 10.2 Å². The molecule has 2 rings (SSSR count). The van der Waals surface area contributed by atoms with Gasteiger partial charge in [-0.2, -0.15) is 11.8 Å². The molecular formula is C16H26N2S. The van der Waals surface area contributed by atoms with Gasteiger partial charge in [0.25, 0.3) is 0 Å². The molecule has 1 fully saturated rings. The largest absolute Gasteiger partial charge is 0.371 e. The Hall–Kier alpha value is -0.670. The van der Waals surface area contributed by atoms with Crippen LogP contribution in [-0.2, 0) is 6.54 Å². The molecule has 0 aromatic heterocycles. The van der Waals surface area contributed by atoms with Gasteiger partial charge in [-0.1, -0.05) is 12.1 Å². The Morgan fingerprint density at radius 3 is 2.53 bits per heavy atom. The van der Waals surface area contributed by atoms with Gasteiger partial charge in [-0.15, -0.1) is 0 Å². The lowest BCUT2D eigenvalue weighted by Gasteiger charge is -2.23. The van der Waals surface area contributed by atoms with Gasteiger partial charge in [0.1, 0.15) is 0 Å². The summed E-state index contributed by atoms with van der Waals surface area (Å²) in [5.74, 6) is 2.57. The lowest BCUT2D eigenvalue weighted by atomic mass is 10.1. The van der Waals surface area contributed by atoms with Crippen molar-refractivity contribution in [1.82, 2.24) is 5.32 Å². The summed E-state index contributed by atoms with van der Waals surface area (Å²) in [6, 6.07) is 9.06. The van der Waals surface area contributed by atoms with Gasteiger partial charge in [-0.3, -0.25) is 0 Å². The van der Waals surface area contributed by atoms with Crippen molar-refractivity contribution >= 4 is 17.4 Å². The van der Waals surface area contributed by atoms with E-state index in [4.69, 9.17) is 0 Å². The standard InChI is InChI=1S/C16H26N2S/c1-16(2,3)17-13-14-5-7-15(8-6-14)18-9-4-11-19-12-10-18/h5-8,17H,4,9-13H2,1-3H3. The Bertz CT molecular complexity index is 373. The molecule has 3 heteroatoms. The molecule has 1 aliphatic heterocycles. The fourth-order valence-corrected chi connectivity index (χ4v) is 3.08. The van der Waals surface area contributed by atoms with Gasteiger partial charge >= 0.3 is 0 Å². The Morgan fingerprint density at radius 2 is 1.84 bits per heavy atom. The predicted molar refractivity (Wildman–Crippen MR) is 87.2 cm³/mol. The summed E-state index contributed by atoms with van der Waals surface area (Å²) in [5, 5.41) is 3.53. The predicted octanol–water partition coefficient (Wildman–Crippen LogP) is 3.52. The highest BCUT2D eigenvalue weighted by Crippen LogP contribution is 2.19. The lowest BCUT2D eigenvalue weighted by molar-refractivity contribution is 0.424. The molecule has 19 heavy (non-hydrogen) atoms. The van der Waals surface area contributed by atoms with Crippen LogP contribution in [0.15, 0.2) is 24.3 Å². The topological polar surface area (TPSA) is 15.3 Å². The first-order valence-corrected chi connectivity index (χ1v) is 8.37. The molecular weight excluding hydrogens is 252 g/mol. The third-order valence-electron chi connectivity index (χ3n) is 3.35. The molecule has 1 heterocycles. The van der Waals surface area contributed by atoms with Crippen molar-refractivity contribution in [3.8, 4) is 0 Å². The molecule has 2 nitrogen and oxygen atoms in total. The smallest absolute Gasteiger partial charge is 0.0366 e. The molecule has 1 aliphatic rings. The van der Waals surface area contributed by atoms with Crippen LogP contribution in [0.1, 0.15) is 32.8 Å². The summed E-state index contributed by atoms with van der Waals surface area (Å²) in [7, 11) is 0. The molecule has 0 aliphatic carbocycles. The minimum Gasteiger partial charge on any atom is -0.371 e. The molecule has 1 saturated heterocycles. The molecule has 0 bridgehead atoms. The van der Waals surface area contributed by atoms with Crippen molar-refractivity contribution in [2.75, 3.05) is 29.5 Å². The van der Waals surface area contributed by atoms with Crippen molar-refractivity contribution < 1.29 is 0 Å². The summed E-state index contributed by atoms with van der Waals surface area (Å²) < 4.78 is 0. The second-order valence-corrected chi connectivity index (χ2v) is 7.45. The van der Waals surface area contributed by atoms with E-state index in [-0.39, 0.29) is 5.54 Å². The maximum Gasteiger partial charge on any atom is 0.0366 e. The summed E-state index contributed by atoms with van der Waals surface area (Å²) in [6.07, 6.45) is 1.30. The van der Waals surface area contributed by atoms with Crippen LogP contribution in [-0.4, -0.2) is 30.1 Å². The van der Waals surface area contributed by atoms with Crippen LogP contribution in [0.4, 0.5) is 5.69 Å². The fourth-order valence-electron chi connectivity index (χ4n) is 2.20. The minimum atomic E-state index is 0.181. The highest BCUT2D eigenvalue weighted by molar-refractivity contribution is 7.99. The normalized spacial score (nSPS) is 17.3. The Balaban J connectivity index is 1.93. The van der Waals surface area contributed by atoms with E-state index in [1.807, 2.05) is 0 Å². The van der Waals surface area contributed by atoms with Crippen molar-refractivity contribution in [3.63, 3.8) is 0 Å². The van der Waals surface area contributed by atoms with Crippen LogP contribution in [0.5, 0.6) is 0 Å². The molecule has 106 valence electrons. The maximum atomic E-state index is 3.53. The first-order valence-electron chi connectivity index (χ1n) is 7.21. The number of nitrogens with zero attached hydrogens (tertiary/aromatic N) is 1. The van der Waals surface area contributed by atoms with Crippen molar-refractivity contribution in [3.05, 3.63) is 29.8 Å². The number of hydrogen-bond acceptors (Lipinski definition) is 3. The summed E-state index contributed by atoms with van der Waals surface area (Å²) in [4.78, 5) is 2.51. The first kappa shape index (κ1) is 14.7. The van der Waals surface area contributed by atoms with Crippen LogP contribution < -0.4 is 10.2 Å². The zero-order valence-electron chi connectivity index (χ0n) is 12.4. The molecule has 0 saturated carbocycles. The average molecular weight is 278 g/mol. The van der Waals surface area contributed by atoms with E-state index in [0.29, 0.717) is 0 Å². The van der Waals surface area contributed by atoms with Crippen LogP contribution in [0.3, 0.4) is 0 Å². The zero-order valence-corrected chi connectivity index (χ0v) is 13.2. The molecule has 0 amide bonds. The van der Waals surface area contributed by atoms with Crippen LogP contribution in [0.2, 0.25) is 0 Å². The molecule has 0 atom stereocenters.